The maximum Gasteiger partial charge on any atom is 0.151 e. The lowest BCUT2D eigenvalue weighted by Gasteiger charge is -2.38. The van der Waals surface area contributed by atoms with Gasteiger partial charge in [0.25, 0.3) is 0 Å². The van der Waals surface area contributed by atoms with Crippen LogP contribution < -0.4 is 9.80 Å². The van der Waals surface area contributed by atoms with Gasteiger partial charge in [-0.05, 0) is 36.6 Å². The van der Waals surface area contributed by atoms with Crippen LogP contribution in [0.25, 0.3) is 0 Å². The predicted molar refractivity (Wildman–Crippen MR) is 107 cm³/mol. The molecule has 1 unspecified atom stereocenters. The standard InChI is InChI=1S/C21H24N6/c1-26(18-9-6-14-27(16-18)21-10-5-12-23-25-21)20-11-13-22-19(24-20)15-17-7-3-2-4-8-17/h2-5,7-8,10-13,18H,6,9,14-16H2,1H3. The third-order valence-corrected chi connectivity index (χ3v) is 5.08. The summed E-state index contributed by atoms with van der Waals surface area (Å²) >= 11 is 0. The van der Waals surface area contributed by atoms with Gasteiger partial charge in [-0.3, -0.25) is 0 Å². The summed E-state index contributed by atoms with van der Waals surface area (Å²) in [4.78, 5) is 13.9. The van der Waals surface area contributed by atoms with Crippen LogP contribution in [0.15, 0.2) is 60.9 Å². The van der Waals surface area contributed by atoms with Crippen LogP contribution in [0.2, 0.25) is 0 Å². The minimum Gasteiger partial charge on any atom is -0.355 e. The zero-order valence-electron chi connectivity index (χ0n) is 15.6. The number of benzene rings is 1. The van der Waals surface area contributed by atoms with E-state index in [4.69, 9.17) is 4.98 Å². The van der Waals surface area contributed by atoms with Crippen molar-refractivity contribution in [1.29, 1.82) is 0 Å². The van der Waals surface area contributed by atoms with Gasteiger partial charge in [-0.15, -0.1) is 5.10 Å². The van der Waals surface area contributed by atoms with E-state index in [-0.39, 0.29) is 0 Å². The van der Waals surface area contributed by atoms with Crippen molar-refractivity contribution in [2.75, 3.05) is 29.9 Å². The molecular formula is C21H24N6. The quantitative estimate of drug-likeness (QED) is 0.697. The lowest BCUT2D eigenvalue weighted by Crippen LogP contribution is -2.47. The van der Waals surface area contributed by atoms with Gasteiger partial charge in [-0.1, -0.05) is 30.3 Å². The zero-order valence-corrected chi connectivity index (χ0v) is 15.6. The molecule has 0 saturated carbocycles. The van der Waals surface area contributed by atoms with Crippen molar-refractivity contribution in [1.82, 2.24) is 20.2 Å². The molecule has 6 nitrogen and oxygen atoms in total. The number of rotatable bonds is 5. The van der Waals surface area contributed by atoms with Gasteiger partial charge in [-0.2, -0.15) is 5.10 Å². The molecule has 1 atom stereocenters. The lowest BCUT2D eigenvalue weighted by molar-refractivity contribution is 0.482. The number of hydrogen-bond donors (Lipinski definition) is 0. The molecule has 1 aliphatic rings. The van der Waals surface area contributed by atoms with Gasteiger partial charge in [-0.25, -0.2) is 9.97 Å². The van der Waals surface area contributed by atoms with Gasteiger partial charge >= 0.3 is 0 Å². The smallest absolute Gasteiger partial charge is 0.151 e. The molecule has 0 N–H and O–H groups in total. The number of anilines is 2. The van der Waals surface area contributed by atoms with Crippen LogP contribution in [0.4, 0.5) is 11.6 Å². The topological polar surface area (TPSA) is 58.0 Å². The first-order valence-corrected chi connectivity index (χ1v) is 9.41. The molecule has 1 fully saturated rings. The van der Waals surface area contributed by atoms with Crippen molar-refractivity contribution in [3.8, 4) is 0 Å². The summed E-state index contributed by atoms with van der Waals surface area (Å²) in [5.41, 5.74) is 1.23. The highest BCUT2D eigenvalue weighted by Gasteiger charge is 2.25. The first-order chi connectivity index (χ1) is 13.3. The Morgan fingerprint density at radius 2 is 1.96 bits per heavy atom. The molecule has 0 aliphatic carbocycles. The van der Waals surface area contributed by atoms with E-state index in [1.165, 1.54) is 5.56 Å². The van der Waals surface area contributed by atoms with Crippen molar-refractivity contribution in [2.45, 2.75) is 25.3 Å². The molecular weight excluding hydrogens is 336 g/mol. The highest BCUT2D eigenvalue weighted by Crippen LogP contribution is 2.23. The fraction of sp³-hybridized carbons (Fsp3) is 0.333. The van der Waals surface area contributed by atoms with Crippen LogP contribution in [0.1, 0.15) is 24.2 Å². The van der Waals surface area contributed by atoms with Gasteiger partial charge < -0.3 is 9.80 Å². The van der Waals surface area contributed by atoms with Crippen molar-refractivity contribution in [3.05, 3.63) is 72.3 Å². The Morgan fingerprint density at radius 1 is 1.07 bits per heavy atom. The summed E-state index contributed by atoms with van der Waals surface area (Å²) in [6.07, 6.45) is 6.60. The minimum absolute atomic E-state index is 0.389. The largest absolute Gasteiger partial charge is 0.355 e. The summed E-state index contributed by atoms with van der Waals surface area (Å²) in [5, 5.41) is 8.28. The van der Waals surface area contributed by atoms with E-state index >= 15 is 0 Å². The van der Waals surface area contributed by atoms with Gasteiger partial charge in [0.05, 0.1) is 0 Å². The highest BCUT2D eigenvalue weighted by atomic mass is 15.3. The first-order valence-electron chi connectivity index (χ1n) is 9.41. The Labute approximate surface area is 159 Å². The Morgan fingerprint density at radius 3 is 2.78 bits per heavy atom. The Hall–Kier alpha value is -3.02. The molecule has 27 heavy (non-hydrogen) atoms. The molecule has 0 spiro atoms. The fourth-order valence-electron chi connectivity index (χ4n) is 3.58. The second-order valence-corrected chi connectivity index (χ2v) is 6.93. The second-order valence-electron chi connectivity index (χ2n) is 6.93. The molecule has 0 radical (unpaired) electrons. The normalized spacial score (nSPS) is 16.9. The van der Waals surface area contributed by atoms with Gasteiger partial charge in [0.2, 0.25) is 0 Å². The average Bonchev–Trinajstić information content (AvgIpc) is 2.75. The number of nitrogens with zero attached hydrogens (tertiary/aromatic N) is 6. The van der Waals surface area contributed by atoms with E-state index in [0.29, 0.717) is 6.04 Å². The summed E-state index contributed by atoms with van der Waals surface area (Å²) in [7, 11) is 2.12. The molecule has 4 rings (SSSR count). The Bertz CT molecular complexity index is 855. The molecule has 0 amide bonds. The molecule has 1 aromatic carbocycles. The van der Waals surface area contributed by atoms with Gasteiger partial charge in [0, 0.05) is 45.0 Å². The Kier molecular flexibility index (Phi) is 5.23. The van der Waals surface area contributed by atoms with Crippen LogP contribution in [0, 0.1) is 0 Å². The fourth-order valence-corrected chi connectivity index (χ4v) is 3.58. The molecule has 2 aromatic heterocycles. The molecule has 3 aromatic rings. The van der Waals surface area contributed by atoms with E-state index < -0.39 is 0 Å². The van der Waals surface area contributed by atoms with E-state index in [1.54, 1.807) is 6.20 Å². The number of aromatic nitrogens is 4. The molecule has 6 heteroatoms. The van der Waals surface area contributed by atoms with Crippen molar-refractivity contribution >= 4 is 11.6 Å². The monoisotopic (exact) mass is 360 g/mol. The third-order valence-electron chi connectivity index (χ3n) is 5.08. The van der Waals surface area contributed by atoms with Crippen molar-refractivity contribution < 1.29 is 0 Å². The first kappa shape index (κ1) is 17.4. The van der Waals surface area contributed by atoms with E-state index in [2.05, 4.69) is 44.2 Å². The average molecular weight is 360 g/mol. The lowest BCUT2D eigenvalue weighted by atomic mass is 10.0. The second kappa shape index (κ2) is 8.12. The van der Waals surface area contributed by atoms with Crippen LogP contribution in [-0.2, 0) is 6.42 Å². The molecule has 1 saturated heterocycles. The predicted octanol–water partition coefficient (Wildman–Crippen LogP) is 2.96. The van der Waals surface area contributed by atoms with Crippen molar-refractivity contribution in [3.63, 3.8) is 0 Å². The maximum absolute atomic E-state index is 4.81. The van der Waals surface area contributed by atoms with Crippen LogP contribution in [0.3, 0.4) is 0 Å². The zero-order chi connectivity index (χ0) is 18.5. The van der Waals surface area contributed by atoms with E-state index in [0.717, 1.165) is 49.8 Å². The van der Waals surface area contributed by atoms with Crippen LogP contribution in [-0.4, -0.2) is 46.3 Å². The molecule has 1 aliphatic heterocycles. The highest BCUT2D eigenvalue weighted by molar-refractivity contribution is 5.42. The van der Waals surface area contributed by atoms with Gasteiger partial charge in [0.15, 0.2) is 5.82 Å². The molecule has 138 valence electrons. The summed E-state index contributed by atoms with van der Waals surface area (Å²) in [6, 6.07) is 16.7. The van der Waals surface area contributed by atoms with Crippen LogP contribution >= 0.6 is 0 Å². The summed E-state index contributed by atoms with van der Waals surface area (Å²) in [6.45, 7) is 1.94. The van der Waals surface area contributed by atoms with Crippen LogP contribution in [0.5, 0.6) is 0 Å². The molecule has 3 heterocycles. The number of piperidine rings is 1. The van der Waals surface area contributed by atoms with E-state index in [9.17, 15) is 0 Å². The minimum atomic E-state index is 0.389. The number of hydrogen-bond acceptors (Lipinski definition) is 6. The SMILES string of the molecule is CN(c1ccnc(Cc2ccccc2)n1)C1CCCN(c2cccnn2)C1. The van der Waals surface area contributed by atoms with E-state index in [1.807, 2.05) is 42.6 Å². The Balaban J connectivity index is 1.47. The third kappa shape index (κ3) is 4.22. The molecule has 0 bridgehead atoms. The summed E-state index contributed by atoms with van der Waals surface area (Å²) in [5.74, 6) is 2.78. The van der Waals surface area contributed by atoms with Gasteiger partial charge in [0.1, 0.15) is 11.6 Å². The van der Waals surface area contributed by atoms with Crippen molar-refractivity contribution in [2.24, 2.45) is 0 Å². The maximum atomic E-state index is 4.81. The summed E-state index contributed by atoms with van der Waals surface area (Å²) < 4.78 is 0. The number of likely N-dealkylation sites (N-methyl/N-ethyl adjacent to an activating group) is 1.